The maximum absolute atomic E-state index is 12.1. The fraction of sp³-hybridized carbons (Fsp3) is 0.211. The van der Waals surface area contributed by atoms with Crippen molar-refractivity contribution in [3.05, 3.63) is 48.5 Å². The van der Waals surface area contributed by atoms with Crippen LogP contribution in [0.15, 0.2) is 57.8 Å². The lowest BCUT2D eigenvalue weighted by molar-refractivity contribution is -0.115. The molecule has 1 N–H and O–H groups in total. The van der Waals surface area contributed by atoms with Crippen molar-refractivity contribution >= 4 is 23.7 Å². The van der Waals surface area contributed by atoms with Gasteiger partial charge < -0.3 is 13.9 Å². The van der Waals surface area contributed by atoms with Crippen LogP contribution in [0.5, 0.6) is 11.5 Å². The maximum atomic E-state index is 12.1. The van der Waals surface area contributed by atoms with E-state index in [1.165, 1.54) is 0 Å². The second kappa shape index (κ2) is 9.09. The van der Waals surface area contributed by atoms with E-state index in [2.05, 4.69) is 15.5 Å². The number of aromatic nitrogens is 2. The largest absolute Gasteiger partial charge is 0.497 e. The van der Waals surface area contributed by atoms with Crippen LogP contribution in [0.25, 0.3) is 11.5 Å². The van der Waals surface area contributed by atoms with E-state index in [-0.39, 0.29) is 17.8 Å². The van der Waals surface area contributed by atoms with E-state index < -0.39 is 0 Å². The number of carbonyl (C=O) groups is 1. The summed E-state index contributed by atoms with van der Waals surface area (Å²) < 4.78 is 16.0. The molecule has 0 aliphatic heterocycles. The third kappa shape index (κ3) is 5.01. The number of nitrogens with one attached hydrogen (secondary N) is 1. The quantitative estimate of drug-likeness (QED) is 0.589. The summed E-state index contributed by atoms with van der Waals surface area (Å²) in [6, 6.07) is 15.2. The molecule has 140 valence electrons. The number of rotatable bonds is 8. The van der Waals surface area contributed by atoms with Crippen LogP contribution in [0.4, 0.5) is 6.01 Å². The third-order valence-electron chi connectivity index (χ3n) is 3.65. The Labute approximate surface area is 161 Å². The molecule has 3 aromatic rings. The Morgan fingerprint density at radius 1 is 1.11 bits per heavy atom. The van der Waals surface area contributed by atoms with Crippen LogP contribution in [0.3, 0.4) is 0 Å². The van der Waals surface area contributed by atoms with E-state index in [1.54, 1.807) is 44.2 Å². The van der Waals surface area contributed by atoms with Gasteiger partial charge in [0.2, 0.25) is 5.91 Å². The molecule has 27 heavy (non-hydrogen) atoms. The highest BCUT2D eigenvalue weighted by atomic mass is 32.2. The van der Waals surface area contributed by atoms with E-state index in [9.17, 15) is 4.79 Å². The first kappa shape index (κ1) is 18.8. The Morgan fingerprint density at radius 2 is 1.93 bits per heavy atom. The van der Waals surface area contributed by atoms with Gasteiger partial charge in [-0.15, -0.1) is 16.9 Å². The van der Waals surface area contributed by atoms with Crippen molar-refractivity contribution in [1.82, 2.24) is 10.2 Å². The van der Waals surface area contributed by atoms with Crippen molar-refractivity contribution in [3.8, 4) is 23.0 Å². The predicted molar refractivity (Wildman–Crippen MR) is 103 cm³/mol. The Balaban J connectivity index is 1.58. The normalized spacial score (nSPS) is 10.4. The topological polar surface area (TPSA) is 86.5 Å². The highest BCUT2D eigenvalue weighted by Crippen LogP contribution is 2.33. The average molecular weight is 385 g/mol. The number of benzene rings is 2. The summed E-state index contributed by atoms with van der Waals surface area (Å²) in [5, 5.41) is 10.5. The van der Waals surface area contributed by atoms with Gasteiger partial charge in [-0.25, -0.2) is 0 Å². The second-order valence-corrected chi connectivity index (χ2v) is 6.61. The monoisotopic (exact) mass is 385 g/mol. The zero-order valence-corrected chi connectivity index (χ0v) is 15.8. The summed E-state index contributed by atoms with van der Waals surface area (Å²) in [7, 11) is 3.12. The molecule has 0 saturated heterocycles. The van der Waals surface area contributed by atoms with Crippen molar-refractivity contribution in [2.75, 3.05) is 25.3 Å². The summed E-state index contributed by atoms with van der Waals surface area (Å²) in [5.41, 5.74) is 0.617. The van der Waals surface area contributed by atoms with Crippen molar-refractivity contribution in [2.24, 2.45) is 0 Å². The van der Waals surface area contributed by atoms with E-state index in [0.717, 1.165) is 4.90 Å². The summed E-state index contributed by atoms with van der Waals surface area (Å²) in [4.78, 5) is 13.2. The molecular formula is C19H19N3O4S. The van der Waals surface area contributed by atoms with Gasteiger partial charge in [-0.3, -0.25) is 10.1 Å². The lowest BCUT2D eigenvalue weighted by Crippen LogP contribution is -2.12. The minimum Gasteiger partial charge on any atom is -0.497 e. The smallest absolute Gasteiger partial charge is 0.322 e. The fourth-order valence-electron chi connectivity index (χ4n) is 2.32. The molecule has 1 heterocycles. The van der Waals surface area contributed by atoms with Crippen LogP contribution in [-0.4, -0.2) is 36.1 Å². The van der Waals surface area contributed by atoms with Gasteiger partial charge >= 0.3 is 6.01 Å². The number of nitrogens with zero attached hydrogens (tertiary/aromatic N) is 2. The molecule has 2 aromatic carbocycles. The molecule has 0 radical (unpaired) electrons. The van der Waals surface area contributed by atoms with Crippen molar-refractivity contribution in [2.45, 2.75) is 11.3 Å². The van der Waals surface area contributed by atoms with E-state index in [4.69, 9.17) is 13.9 Å². The molecule has 1 amide bonds. The number of carbonyl (C=O) groups excluding carboxylic acids is 1. The van der Waals surface area contributed by atoms with Gasteiger partial charge in [0.15, 0.2) is 0 Å². The number of hydrogen-bond donors (Lipinski definition) is 1. The van der Waals surface area contributed by atoms with Crippen LogP contribution < -0.4 is 14.8 Å². The van der Waals surface area contributed by atoms with Gasteiger partial charge in [0.25, 0.3) is 5.89 Å². The Bertz CT molecular complexity index is 899. The molecule has 0 fully saturated rings. The maximum Gasteiger partial charge on any atom is 0.322 e. The number of thioether (sulfide) groups is 1. The average Bonchev–Trinajstić information content (AvgIpc) is 3.16. The summed E-state index contributed by atoms with van der Waals surface area (Å²) >= 11 is 1.61. The molecule has 0 aliphatic carbocycles. The number of ether oxygens (including phenoxy) is 2. The zero-order valence-electron chi connectivity index (χ0n) is 15.0. The van der Waals surface area contributed by atoms with Crippen LogP contribution in [-0.2, 0) is 4.79 Å². The molecule has 7 nitrogen and oxygen atoms in total. The first-order chi connectivity index (χ1) is 13.2. The fourth-order valence-corrected chi connectivity index (χ4v) is 3.19. The first-order valence-corrected chi connectivity index (χ1v) is 9.21. The van der Waals surface area contributed by atoms with Crippen LogP contribution in [0.2, 0.25) is 0 Å². The zero-order chi connectivity index (χ0) is 19.1. The number of methoxy groups -OCH3 is 2. The molecule has 3 rings (SSSR count). The Morgan fingerprint density at radius 3 is 2.67 bits per heavy atom. The van der Waals surface area contributed by atoms with Gasteiger partial charge in [-0.1, -0.05) is 23.3 Å². The molecule has 0 atom stereocenters. The van der Waals surface area contributed by atoms with Gasteiger partial charge in [-0.05, 0) is 24.3 Å². The lowest BCUT2D eigenvalue weighted by atomic mass is 10.2. The highest BCUT2D eigenvalue weighted by molar-refractivity contribution is 7.99. The standard InChI is InChI=1S/C19H19N3O4S/c1-24-13-8-9-15(16(12-13)25-2)18-21-22-19(26-18)20-17(23)10-11-27-14-6-4-3-5-7-14/h3-9,12H,10-11H2,1-2H3,(H,20,22,23). The summed E-state index contributed by atoms with van der Waals surface area (Å²) in [6.07, 6.45) is 0.336. The summed E-state index contributed by atoms with van der Waals surface area (Å²) in [5.74, 6) is 1.91. The molecule has 0 bridgehead atoms. The Hall–Kier alpha value is -3.00. The predicted octanol–water partition coefficient (Wildman–Crippen LogP) is 3.87. The SMILES string of the molecule is COc1ccc(-c2nnc(NC(=O)CCSc3ccccc3)o2)c(OC)c1. The molecule has 8 heteroatoms. The second-order valence-electron chi connectivity index (χ2n) is 5.44. The number of amides is 1. The molecule has 0 spiro atoms. The molecule has 0 aliphatic rings. The first-order valence-electron chi connectivity index (χ1n) is 8.23. The van der Waals surface area contributed by atoms with Gasteiger partial charge in [0.05, 0.1) is 19.8 Å². The molecule has 0 unspecified atom stereocenters. The highest BCUT2D eigenvalue weighted by Gasteiger charge is 2.15. The van der Waals surface area contributed by atoms with Crippen LogP contribution in [0.1, 0.15) is 6.42 Å². The van der Waals surface area contributed by atoms with Crippen LogP contribution >= 0.6 is 11.8 Å². The molecule has 0 saturated carbocycles. The summed E-state index contributed by atoms with van der Waals surface area (Å²) in [6.45, 7) is 0. The minimum atomic E-state index is -0.185. The van der Waals surface area contributed by atoms with Crippen molar-refractivity contribution < 1.29 is 18.7 Å². The van der Waals surface area contributed by atoms with Crippen molar-refractivity contribution in [1.29, 1.82) is 0 Å². The number of hydrogen-bond acceptors (Lipinski definition) is 7. The molecular weight excluding hydrogens is 366 g/mol. The van der Waals surface area contributed by atoms with Gasteiger partial charge in [0.1, 0.15) is 11.5 Å². The van der Waals surface area contributed by atoms with E-state index >= 15 is 0 Å². The van der Waals surface area contributed by atoms with E-state index in [0.29, 0.717) is 29.2 Å². The molecule has 1 aromatic heterocycles. The third-order valence-corrected chi connectivity index (χ3v) is 4.67. The Kier molecular flexibility index (Phi) is 6.32. The van der Waals surface area contributed by atoms with E-state index in [1.807, 2.05) is 30.3 Å². The minimum absolute atomic E-state index is 0.0533. The lowest BCUT2D eigenvalue weighted by Gasteiger charge is -2.07. The number of anilines is 1. The van der Waals surface area contributed by atoms with Gasteiger partial charge in [0, 0.05) is 23.1 Å². The van der Waals surface area contributed by atoms with Crippen LogP contribution in [0, 0.1) is 0 Å². The van der Waals surface area contributed by atoms with Crippen molar-refractivity contribution in [3.63, 3.8) is 0 Å². The van der Waals surface area contributed by atoms with Gasteiger partial charge in [-0.2, -0.15) is 0 Å².